The SMILES string of the molecule is Cc1cc2ccccc2nc1SCC(=O)Nc1ccc(S(=O)(=O)NCc2ccccc2)cc1. The molecule has 0 fully saturated rings. The van der Waals surface area contributed by atoms with Crippen LogP contribution in [0.15, 0.2) is 94.9 Å². The predicted octanol–water partition coefficient (Wildman–Crippen LogP) is 4.75. The third-order valence-electron chi connectivity index (χ3n) is 4.97. The van der Waals surface area contributed by atoms with Crippen molar-refractivity contribution in [3.8, 4) is 0 Å². The number of benzene rings is 3. The molecule has 0 aliphatic heterocycles. The van der Waals surface area contributed by atoms with E-state index in [1.54, 1.807) is 12.1 Å². The molecule has 1 aromatic heterocycles. The smallest absolute Gasteiger partial charge is 0.240 e. The number of amides is 1. The Kier molecular flexibility index (Phi) is 7.08. The van der Waals surface area contributed by atoms with Gasteiger partial charge in [0.1, 0.15) is 5.03 Å². The second-order valence-corrected chi connectivity index (χ2v) is 10.2. The number of fused-ring (bicyclic) bond motifs is 1. The third-order valence-corrected chi connectivity index (χ3v) is 7.48. The molecule has 6 nitrogen and oxygen atoms in total. The lowest BCUT2D eigenvalue weighted by Crippen LogP contribution is -2.23. The number of hydrogen-bond donors (Lipinski definition) is 2. The number of pyridine rings is 1. The molecule has 1 heterocycles. The molecular formula is C25H23N3O3S2. The Morgan fingerprint density at radius 2 is 1.64 bits per heavy atom. The van der Waals surface area contributed by atoms with Gasteiger partial charge in [0.2, 0.25) is 15.9 Å². The van der Waals surface area contributed by atoms with Crippen molar-refractivity contribution in [2.75, 3.05) is 11.1 Å². The molecule has 3 aromatic carbocycles. The number of thioether (sulfide) groups is 1. The average Bonchev–Trinajstić information content (AvgIpc) is 2.82. The molecular weight excluding hydrogens is 454 g/mol. The van der Waals surface area contributed by atoms with Gasteiger partial charge < -0.3 is 5.32 Å². The highest BCUT2D eigenvalue weighted by molar-refractivity contribution is 8.00. The molecule has 0 radical (unpaired) electrons. The van der Waals surface area contributed by atoms with Gasteiger partial charge in [0.05, 0.1) is 16.2 Å². The lowest BCUT2D eigenvalue weighted by atomic mass is 10.2. The average molecular weight is 478 g/mol. The second kappa shape index (κ2) is 10.2. The summed E-state index contributed by atoms with van der Waals surface area (Å²) >= 11 is 1.37. The molecule has 4 rings (SSSR count). The summed E-state index contributed by atoms with van der Waals surface area (Å²) in [7, 11) is -3.65. The van der Waals surface area contributed by atoms with Gasteiger partial charge in [0.25, 0.3) is 0 Å². The van der Waals surface area contributed by atoms with Crippen molar-refractivity contribution in [1.82, 2.24) is 9.71 Å². The van der Waals surface area contributed by atoms with Crippen LogP contribution in [0.4, 0.5) is 5.69 Å². The van der Waals surface area contributed by atoms with E-state index in [2.05, 4.69) is 21.1 Å². The van der Waals surface area contributed by atoms with E-state index in [1.807, 2.05) is 61.5 Å². The molecule has 168 valence electrons. The zero-order valence-electron chi connectivity index (χ0n) is 18.0. The first-order chi connectivity index (χ1) is 15.9. The minimum Gasteiger partial charge on any atom is -0.325 e. The Labute approximate surface area is 197 Å². The monoisotopic (exact) mass is 477 g/mol. The van der Waals surface area contributed by atoms with E-state index >= 15 is 0 Å². The number of aromatic nitrogens is 1. The van der Waals surface area contributed by atoms with Crippen molar-refractivity contribution in [2.24, 2.45) is 0 Å². The number of carbonyl (C=O) groups excluding carboxylic acids is 1. The van der Waals surface area contributed by atoms with E-state index < -0.39 is 10.0 Å². The summed E-state index contributed by atoms with van der Waals surface area (Å²) in [6.45, 7) is 2.19. The lowest BCUT2D eigenvalue weighted by molar-refractivity contribution is -0.113. The van der Waals surface area contributed by atoms with Crippen LogP contribution in [-0.2, 0) is 21.4 Å². The summed E-state index contributed by atoms with van der Waals surface area (Å²) < 4.78 is 27.6. The van der Waals surface area contributed by atoms with Crippen LogP contribution in [-0.4, -0.2) is 25.1 Å². The van der Waals surface area contributed by atoms with Gasteiger partial charge in [-0.25, -0.2) is 18.1 Å². The van der Waals surface area contributed by atoms with Crippen LogP contribution < -0.4 is 10.0 Å². The largest absolute Gasteiger partial charge is 0.325 e. The Bertz CT molecular complexity index is 1370. The summed E-state index contributed by atoms with van der Waals surface area (Å²) in [5, 5.41) is 4.68. The van der Waals surface area contributed by atoms with E-state index in [0.29, 0.717) is 5.69 Å². The summed E-state index contributed by atoms with van der Waals surface area (Å²) in [4.78, 5) is 17.2. The van der Waals surface area contributed by atoms with Gasteiger partial charge in [-0.1, -0.05) is 60.3 Å². The molecule has 0 spiro atoms. The first kappa shape index (κ1) is 23.0. The van der Waals surface area contributed by atoms with Crippen LogP contribution in [0.2, 0.25) is 0 Å². The summed E-state index contributed by atoms with van der Waals surface area (Å²) in [6.07, 6.45) is 0. The lowest BCUT2D eigenvalue weighted by Gasteiger charge is -2.09. The van der Waals surface area contributed by atoms with Crippen LogP contribution in [0.1, 0.15) is 11.1 Å². The molecule has 0 aliphatic rings. The van der Waals surface area contributed by atoms with Crippen molar-refractivity contribution < 1.29 is 13.2 Å². The third kappa shape index (κ3) is 5.98. The van der Waals surface area contributed by atoms with Gasteiger partial charge in [-0.2, -0.15) is 0 Å². The fraction of sp³-hybridized carbons (Fsp3) is 0.120. The molecule has 4 aromatic rings. The van der Waals surface area contributed by atoms with Crippen LogP contribution in [0.3, 0.4) is 0 Å². The van der Waals surface area contributed by atoms with Gasteiger partial charge in [-0.3, -0.25) is 4.79 Å². The van der Waals surface area contributed by atoms with E-state index in [4.69, 9.17) is 0 Å². The number of aryl methyl sites for hydroxylation is 1. The molecule has 1 amide bonds. The van der Waals surface area contributed by atoms with E-state index in [9.17, 15) is 13.2 Å². The maximum atomic E-state index is 12.5. The Morgan fingerprint density at radius 1 is 0.939 bits per heavy atom. The molecule has 8 heteroatoms. The quantitative estimate of drug-likeness (QED) is 0.358. The Balaban J connectivity index is 1.34. The zero-order valence-corrected chi connectivity index (χ0v) is 19.6. The number of hydrogen-bond acceptors (Lipinski definition) is 5. The van der Waals surface area contributed by atoms with Gasteiger partial charge in [0.15, 0.2) is 0 Å². The minimum absolute atomic E-state index is 0.141. The minimum atomic E-state index is -3.65. The highest BCUT2D eigenvalue weighted by Crippen LogP contribution is 2.24. The van der Waals surface area contributed by atoms with E-state index in [0.717, 1.165) is 27.1 Å². The van der Waals surface area contributed by atoms with Crippen LogP contribution in [0, 0.1) is 6.92 Å². The molecule has 0 unspecified atom stereocenters. The van der Waals surface area contributed by atoms with E-state index in [-0.39, 0.29) is 23.1 Å². The highest BCUT2D eigenvalue weighted by Gasteiger charge is 2.14. The summed E-state index contributed by atoms with van der Waals surface area (Å²) in [6, 6.07) is 25.4. The molecule has 0 saturated heterocycles. The number of sulfonamides is 1. The van der Waals surface area contributed by atoms with Gasteiger partial charge in [0, 0.05) is 17.6 Å². The van der Waals surface area contributed by atoms with Crippen molar-refractivity contribution in [1.29, 1.82) is 0 Å². The van der Waals surface area contributed by atoms with Crippen LogP contribution >= 0.6 is 11.8 Å². The number of para-hydroxylation sites is 1. The Hall–Kier alpha value is -3.20. The highest BCUT2D eigenvalue weighted by atomic mass is 32.2. The summed E-state index contributed by atoms with van der Waals surface area (Å²) in [5.41, 5.74) is 3.32. The molecule has 0 atom stereocenters. The van der Waals surface area contributed by atoms with Crippen molar-refractivity contribution in [2.45, 2.75) is 23.4 Å². The number of nitrogens with one attached hydrogen (secondary N) is 2. The Morgan fingerprint density at radius 3 is 2.39 bits per heavy atom. The van der Waals surface area contributed by atoms with Crippen molar-refractivity contribution >= 4 is 44.3 Å². The van der Waals surface area contributed by atoms with Crippen molar-refractivity contribution in [3.63, 3.8) is 0 Å². The number of rotatable bonds is 8. The molecule has 0 bridgehead atoms. The zero-order chi connectivity index (χ0) is 23.3. The number of nitrogens with zero attached hydrogens (tertiary/aromatic N) is 1. The number of anilines is 1. The van der Waals surface area contributed by atoms with Gasteiger partial charge in [-0.05, 0) is 54.4 Å². The second-order valence-electron chi connectivity index (χ2n) is 7.47. The first-order valence-electron chi connectivity index (χ1n) is 10.3. The standard InChI is InChI=1S/C25H23N3O3S2/c1-18-15-20-9-5-6-10-23(20)28-25(18)32-17-24(29)27-21-11-13-22(14-12-21)33(30,31)26-16-19-7-3-2-4-8-19/h2-15,26H,16-17H2,1H3,(H,27,29). The van der Waals surface area contributed by atoms with Crippen molar-refractivity contribution in [3.05, 3.63) is 96.1 Å². The fourth-order valence-corrected chi connectivity index (χ4v) is 5.06. The maximum Gasteiger partial charge on any atom is 0.240 e. The number of carbonyl (C=O) groups is 1. The maximum absolute atomic E-state index is 12.5. The van der Waals surface area contributed by atoms with Gasteiger partial charge in [-0.15, -0.1) is 0 Å². The topological polar surface area (TPSA) is 88.2 Å². The summed E-state index contributed by atoms with van der Waals surface area (Å²) in [5.74, 6) is 0.0115. The van der Waals surface area contributed by atoms with Crippen LogP contribution in [0.25, 0.3) is 10.9 Å². The molecule has 0 saturated carbocycles. The van der Waals surface area contributed by atoms with E-state index in [1.165, 1.54) is 23.9 Å². The van der Waals surface area contributed by atoms with Gasteiger partial charge >= 0.3 is 0 Å². The normalized spacial score (nSPS) is 11.4. The fourth-order valence-electron chi connectivity index (χ4n) is 3.26. The first-order valence-corrected chi connectivity index (χ1v) is 12.8. The molecule has 33 heavy (non-hydrogen) atoms. The molecule has 2 N–H and O–H groups in total. The van der Waals surface area contributed by atoms with Crippen LogP contribution in [0.5, 0.6) is 0 Å². The molecule has 0 aliphatic carbocycles. The predicted molar refractivity (Wildman–Crippen MR) is 133 cm³/mol.